The first kappa shape index (κ1) is 32.6. The van der Waals surface area contributed by atoms with Gasteiger partial charge in [-0.15, -0.1) is 0 Å². The summed E-state index contributed by atoms with van der Waals surface area (Å²) in [5.41, 5.74) is 9.72. The first-order valence-electron chi connectivity index (χ1n) is 17.2. The molecule has 0 spiro atoms. The Bertz CT molecular complexity index is 1830. The van der Waals surface area contributed by atoms with Crippen LogP contribution >= 0.6 is 0 Å². The highest BCUT2D eigenvalue weighted by molar-refractivity contribution is 5.93. The molecule has 0 aliphatic heterocycles. The third kappa shape index (κ3) is 7.30. The lowest BCUT2D eigenvalue weighted by Crippen LogP contribution is -2.22. The highest BCUT2D eigenvalue weighted by Crippen LogP contribution is 2.36. The maximum atomic E-state index is 11.7. The number of imidazole rings is 1. The fraction of sp³-hybridized carbons (Fsp3) is 0.381. The van der Waals surface area contributed by atoms with Gasteiger partial charge in [-0.05, 0) is 76.3 Å². The van der Waals surface area contributed by atoms with E-state index >= 15 is 0 Å². The van der Waals surface area contributed by atoms with Crippen LogP contribution in [0.5, 0.6) is 0 Å². The van der Waals surface area contributed by atoms with E-state index in [-0.39, 0.29) is 16.4 Å². The molecule has 1 aromatic heterocycles. The number of fused-ring (bicyclic) bond motifs is 1. The number of rotatable bonds is 8. The van der Waals surface area contributed by atoms with Gasteiger partial charge in [0.2, 0.25) is 0 Å². The third-order valence-corrected chi connectivity index (χ3v) is 9.75. The molecule has 0 unspecified atom stereocenters. The SMILES string of the molecule is CC(C)(C)c1ccc(CN(Cc2ccc(-c3nc4cc(C(=O)O)ccc4n3C3CCCCC3)cc2)c2ccc(C(C)(C)C)cc2)cc1. The number of hydrogen-bond acceptors (Lipinski definition) is 3. The average molecular weight is 628 g/mol. The van der Waals surface area contributed by atoms with E-state index in [9.17, 15) is 9.90 Å². The largest absolute Gasteiger partial charge is 0.478 e. The lowest BCUT2D eigenvalue weighted by molar-refractivity contribution is 0.0697. The van der Waals surface area contributed by atoms with Gasteiger partial charge in [-0.25, -0.2) is 9.78 Å². The molecular weight excluding hydrogens is 578 g/mol. The van der Waals surface area contributed by atoms with Crippen molar-refractivity contribution in [3.05, 3.63) is 119 Å². The zero-order chi connectivity index (χ0) is 33.3. The van der Waals surface area contributed by atoms with Gasteiger partial charge in [0.15, 0.2) is 0 Å². The number of anilines is 1. The van der Waals surface area contributed by atoms with Gasteiger partial charge in [-0.1, -0.05) is 121 Å². The van der Waals surface area contributed by atoms with E-state index in [1.54, 1.807) is 12.1 Å². The molecular formula is C42H49N3O2. The standard InChI is InChI=1S/C42H49N3O2/c1-41(2,3)33-19-14-30(15-20-33)28-44(35-23-21-34(22-24-35)42(4,5)6)27-29-12-16-31(17-13-29)39-43-37-26-32(40(46)47)18-25-38(37)45(39)36-10-8-7-9-11-36/h12-26,36H,7-11,27-28H2,1-6H3,(H,46,47). The summed E-state index contributed by atoms with van der Waals surface area (Å²) in [6.07, 6.45) is 5.93. The minimum Gasteiger partial charge on any atom is -0.478 e. The van der Waals surface area contributed by atoms with Crippen molar-refractivity contribution < 1.29 is 9.90 Å². The molecule has 244 valence electrons. The number of carboxylic acids is 1. The van der Waals surface area contributed by atoms with Crippen LogP contribution < -0.4 is 4.90 Å². The molecule has 1 aliphatic carbocycles. The number of carboxylic acid groups (broad SMARTS) is 1. The van der Waals surface area contributed by atoms with Crippen LogP contribution in [-0.4, -0.2) is 20.6 Å². The molecule has 47 heavy (non-hydrogen) atoms. The highest BCUT2D eigenvalue weighted by atomic mass is 16.4. The number of aromatic carboxylic acids is 1. The molecule has 0 atom stereocenters. The summed E-state index contributed by atoms with van der Waals surface area (Å²) in [7, 11) is 0. The molecule has 4 aromatic carbocycles. The van der Waals surface area contributed by atoms with Gasteiger partial charge in [0.1, 0.15) is 5.82 Å². The van der Waals surface area contributed by atoms with Crippen LogP contribution in [0.25, 0.3) is 22.4 Å². The van der Waals surface area contributed by atoms with E-state index in [1.165, 1.54) is 47.2 Å². The summed E-state index contributed by atoms with van der Waals surface area (Å²) in [5, 5.41) is 9.62. The van der Waals surface area contributed by atoms with E-state index in [2.05, 4.69) is 124 Å². The van der Waals surface area contributed by atoms with Gasteiger partial charge in [0, 0.05) is 30.4 Å². The van der Waals surface area contributed by atoms with Crippen molar-refractivity contribution in [2.75, 3.05) is 4.90 Å². The predicted octanol–water partition coefficient (Wildman–Crippen LogP) is 10.7. The number of nitrogens with zero attached hydrogens (tertiary/aromatic N) is 3. The van der Waals surface area contributed by atoms with Crippen molar-refractivity contribution in [2.45, 2.75) is 104 Å². The number of hydrogen-bond donors (Lipinski definition) is 1. The van der Waals surface area contributed by atoms with Crippen LogP contribution in [0.3, 0.4) is 0 Å². The molecule has 5 nitrogen and oxygen atoms in total. The fourth-order valence-electron chi connectivity index (χ4n) is 6.87. The second-order valence-corrected chi connectivity index (χ2v) is 15.4. The Morgan fingerprint density at radius 2 is 1.28 bits per heavy atom. The minimum absolute atomic E-state index is 0.102. The van der Waals surface area contributed by atoms with Crippen molar-refractivity contribution in [3.63, 3.8) is 0 Å². The van der Waals surface area contributed by atoms with Gasteiger partial charge < -0.3 is 14.6 Å². The van der Waals surface area contributed by atoms with Crippen LogP contribution in [0.2, 0.25) is 0 Å². The van der Waals surface area contributed by atoms with Crippen LogP contribution in [0, 0.1) is 0 Å². The Balaban J connectivity index is 1.32. The predicted molar refractivity (Wildman–Crippen MR) is 194 cm³/mol. The smallest absolute Gasteiger partial charge is 0.335 e. The Kier molecular flexibility index (Phi) is 9.02. The topological polar surface area (TPSA) is 58.4 Å². The Morgan fingerprint density at radius 1 is 0.745 bits per heavy atom. The summed E-state index contributed by atoms with van der Waals surface area (Å²) >= 11 is 0. The van der Waals surface area contributed by atoms with Crippen LogP contribution in [-0.2, 0) is 23.9 Å². The Hall–Kier alpha value is -4.38. The zero-order valence-electron chi connectivity index (χ0n) is 28.9. The molecule has 0 radical (unpaired) electrons. The summed E-state index contributed by atoms with van der Waals surface area (Å²) in [6, 6.07) is 32.7. The molecule has 1 N–H and O–H groups in total. The summed E-state index contributed by atoms with van der Waals surface area (Å²) in [4.78, 5) is 19.2. The lowest BCUT2D eigenvalue weighted by atomic mass is 9.86. The molecule has 1 heterocycles. The molecule has 1 saturated carbocycles. The van der Waals surface area contributed by atoms with E-state index in [0.29, 0.717) is 6.04 Å². The minimum atomic E-state index is -0.923. The molecule has 5 aromatic rings. The highest BCUT2D eigenvalue weighted by Gasteiger charge is 2.23. The van der Waals surface area contributed by atoms with Crippen molar-refractivity contribution in [2.24, 2.45) is 0 Å². The molecule has 0 bridgehead atoms. The Morgan fingerprint density at radius 3 is 1.81 bits per heavy atom. The third-order valence-electron chi connectivity index (χ3n) is 9.75. The Labute approximate surface area is 280 Å². The van der Waals surface area contributed by atoms with Gasteiger partial charge in [0.25, 0.3) is 0 Å². The van der Waals surface area contributed by atoms with Gasteiger partial charge >= 0.3 is 5.97 Å². The summed E-state index contributed by atoms with van der Waals surface area (Å²) in [5.74, 6) is 0.00215. The van der Waals surface area contributed by atoms with Gasteiger partial charge in [0.05, 0.1) is 16.6 Å². The molecule has 0 saturated heterocycles. The monoisotopic (exact) mass is 627 g/mol. The second-order valence-electron chi connectivity index (χ2n) is 15.4. The van der Waals surface area contributed by atoms with E-state index < -0.39 is 5.97 Å². The summed E-state index contributed by atoms with van der Waals surface area (Å²) < 4.78 is 2.37. The van der Waals surface area contributed by atoms with Crippen molar-refractivity contribution in [3.8, 4) is 11.4 Å². The van der Waals surface area contributed by atoms with Crippen LogP contribution in [0.1, 0.15) is 112 Å². The molecule has 1 aliphatic rings. The maximum absolute atomic E-state index is 11.7. The normalized spacial score (nSPS) is 14.4. The van der Waals surface area contributed by atoms with Gasteiger partial charge in [-0.3, -0.25) is 0 Å². The second kappa shape index (κ2) is 13.0. The summed E-state index contributed by atoms with van der Waals surface area (Å²) in [6.45, 7) is 15.1. The quantitative estimate of drug-likeness (QED) is 0.186. The maximum Gasteiger partial charge on any atom is 0.335 e. The van der Waals surface area contributed by atoms with E-state index in [1.807, 2.05) is 6.07 Å². The van der Waals surface area contributed by atoms with Crippen molar-refractivity contribution in [1.29, 1.82) is 0 Å². The molecule has 0 amide bonds. The van der Waals surface area contributed by atoms with E-state index in [0.717, 1.165) is 48.4 Å². The first-order valence-corrected chi connectivity index (χ1v) is 17.2. The van der Waals surface area contributed by atoms with Crippen molar-refractivity contribution >= 4 is 22.7 Å². The number of benzene rings is 4. The van der Waals surface area contributed by atoms with Crippen molar-refractivity contribution in [1.82, 2.24) is 9.55 Å². The van der Waals surface area contributed by atoms with Crippen LogP contribution in [0.15, 0.2) is 91.0 Å². The first-order chi connectivity index (χ1) is 22.4. The fourth-order valence-corrected chi connectivity index (χ4v) is 6.87. The number of aromatic nitrogens is 2. The number of carbonyl (C=O) groups is 1. The van der Waals surface area contributed by atoms with Crippen LogP contribution in [0.4, 0.5) is 5.69 Å². The van der Waals surface area contributed by atoms with Gasteiger partial charge in [-0.2, -0.15) is 0 Å². The average Bonchev–Trinajstić information content (AvgIpc) is 3.43. The molecule has 1 fully saturated rings. The molecule has 6 rings (SSSR count). The van der Waals surface area contributed by atoms with E-state index in [4.69, 9.17) is 4.98 Å². The molecule has 5 heteroatoms. The lowest BCUT2D eigenvalue weighted by Gasteiger charge is -2.28. The zero-order valence-corrected chi connectivity index (χ0v) is 28.9.